The van der Waals surface area contributed by atoms with Gasteiger partial charge >= 0.3 is 0 Å². The third-order valence-electron chi connectivity index (χ3n) is 7.18. The van der Waals surface area contributed by atoms with Crippen LogP contribution in [0.2, 0.25) is 0 Å². The lowest BCUT2D eigenvalue weighted by atomic mass is 9.86. The van der Waals surface area contributed by atoms with Gasteiger partial charge in [-0.25, -0.2) is 0 Å². The largest absolute Gasteiger partial charge is 0.393 e. The number of unbranched alkanes of at least 4 members (excludes halogenated alkanes) is 1. The van der Waals surface area contributed by atoms with E-state index in [9.17, 15) is 15.0 Å². The average molecular weight is 440 g/mol. The molecule has 0 aromatic heterocycles. The fourth-order valence-electron chi connectivity index (χ4n) is 5.22. The van der Waals surface area contributed by atoms with Gasteiger partial charge in [0.1, 0.15) is 0 Å². The quantitative estimate of drug-likeness (QED) is 0.380. The summed E-state index contributed by atoms with van der Waals surface area (Å²) in [6, 6.07) is 10.3. The van der Waals surface area contributed by atoms with E-state index in [0.29, 0.717) is 24.7 Å². The molecule has 0 bridgehead atoms. The van der Waals surface area contributed by atoms with Crippen LogP contribution in [0.3, 0.4) is 0 Å². The van der Waals surface area contributed by atoms with Crippen LogP contribution in [0.25, 0.3) is 0 Å². The first kappa shape index (κ1) is 24.7. The topological polar surface area (TPSA) is 60.8 Å². The van der Waals surface area contributed by atoms with Gasteiger partial charge in [-0.3, -0.25) is 4.79 Å². The lowest BCUT2D eigenvalue weighted by molar-refractivity contribution is -0.130. The first-order valence-corrected chi connectivity index (χ1v) is 12.6. The molecule has 1 saturated heterocycles. The fraction of sp³-hybridized carbons (Fsp3) is 0.607. The van der Waals surface area contributed by atoms with Gasteiger partial charge in [0.05, 0.1) is 12.2 Å². The second-order valence-electron chi connectivity index (χ2n) is 9.69. The Morgan fingerprint density at radius 1 is 1.19 bits per heavy atom. The third-order valence-corrected chi connectivity index (χ3v) is 7.18. The lowest BCUT2D eigenvalue weighted by Gasteiger charge is -2.20. The van der Waals surface area contributed by atoms with Crippen molar-refractivity contribution >= 4 is 5.91 Å². The minimum atomic E-state index is -0.454. The fourth-order valence-corrected chi connectivity index (χ4v) is 5.22. The molecule has 1 aliphatic heterocycles. The Balaban J connectivity index is 1.40. The zero-order valence-corrected chi connectivity index (χ0v) is 19.6. The SMILES string of the molecule is C[C@@H]1C[C@H](O)[C@H](C/C=C\CCCC(=O)N2CCCC2)[C@H]1/C=C/[C@@H](O)CCc1ccccc1. The summed E-state index contributed by atoms with van der Waals surface area (Å²) in [5.41, 5.74) is 1.25. The minimum Gasteiger partial charge on any atom is -0.393 e. The van der Waals surface area contributed by atoms with Gasteiger partial charge < -0.3 is 15.1 Å². The van der Waals surface area contributed by atoms with Crippen LogP contribution in [0.5, 0.6) is 0 Å². The number of rotatable bonds is 11. The Hall–Kier alpha value is -1.91. The second kappa shape index (κ2) is 13.0. The van der Waals surface area contributed by atoms with Crippen molar-refractivity contribution in [3.63, 3.8) is 0 Å². The molecule has 0 radical (unpaired) electrons. The van der Waals surface area contributed by atoms with Crippen LogP contribution in [0.15, 0.2) is 54.6 Å². The number of nitrogens with zero attached hydrogens (tertiary/aromatic N) is 1. The van der Waals surface area contributed by atoms with Gasteiger partial charge in [0.2, 0.25) is 5.91 Å². The summed E-state index contributed by atoms with van der Waals surface area (Å²) in [5.74, 6) is 1.20. The van der Waals surface area contributed by atoms with E-state index >= 15 is 0 Å². The summed E-state index contributed by atoms with van der Waals surface area (Å²) in [6.07, 6.45) is 15.7. The summed E-state index contributed by atoms with van der Waals surface area (Å²) in [7, 11) is 0. The highest BCUT2D eigenvalue weighted by Crippen LogP contribution is 2.40. The number of likely N-dealkylation sites (tertiary alicyclic amines) is 1. The summed E-state index contributed by atoms with van der Waals surface area (Å²) in [4.78, 5) is 14.1. The van der Waals surface area contributed by atoms with E-state index in [2.05, 4.69) is 37.3 Å². The van der Waals surface area contributed by atoms with Crippen molar-refractivity contribution in [2.24, 2.45) is 17.8 Å². The van der Waals surface area contributed by atoms with Gasteiger partial charge in [-0.05, 0) is 74.7 Å². The molecule has 0 spiro atoms. The van der Waals surface area contributed by atoms with Crippen molar-refractivity contribution in [3.8, 4) is 0 Å². The van der Waals surface area contributed by atoms with Crippen LogP contribution in [-0.2, 0) is 11.2 Å². The molecule has 4 heteroatoms. The maximum atomic E-state index is 12.1. The maximum Gasteiger partial charge on any atom is 0.222 e. The third kappa shape index (κ3) is 7.60. The Morgan fingerprint density at radius 2 is 1.94 bits per heavy atom. The van der Waals surface area contributed by atoms with Crippen LogP contribution >= 0.6 is 0 Å². The highest BCUT2D eigenvalue weighted by atomic mass is 16.3. The highest BCUT2D eigenvalue weighted by Gasteiger charge is 2.37. The van der Waals surface area contributed by atoms with Gasteiger partial charge in [-0.2, -0.15) is 0 Å². The van der Waals surface area contributed by atoms with E-state index in [4.69, 9.17) is 0 Å². The molecule has 5 atom stereocenters. The standard InChI is InChI=1S/C28H41NO3/c1-22-21-27(31)26(13-7-2-3-8-14-28(32)29-19-9-10-20-29)25(22)18-17-24(30)16-15-23-11-5-4-6-12-23/h2,4-7,11-12,17-18,22,24-27,30-31H,3,8-10,13-16,19-21H2,1H3/b7-2-,18-17+/t22-,24+,25+,26-,27+/m1/s1. The predicted molar refractivity (Wildman–Crippen MR) is 130 cm³/mol. The van der Waals surface area contributed by atoms with Gasteiger partial charge in [0, 0.05) is 19.5 Å². The van der Waals surface area contributed by atoms with E-state index in [0.717, 1.165) is 58.0 Å². The molecular formula is C28H41NO3. The molecule has 2 fully saturated rings. The number of hydrogen-bond acceptors (Lipinski definition) is 3. The van der Waals surface area contributed by atoms with E-state index < -0.39 is 6.10 Å². The van der Waals surface area contributed by atoms with Crippen molar-refractivity contribution < 1.29 is 15.0 Å². The molecule has 1 amide bonds. The van der Waals surface area contributed by atoms with Crippen LogP contribution < -0.4 is 0 Å². The average Bonchev–Trinajstić information content (AvgIpc) is 3.42. The molecular weight excluding hydrogens is 398 g/mol. The van der Waals surface area contributed by atoms with E-state index in [1.165, 1.54) is 5.56 Å². The number of hydrogen-bond donors (Lipinski definition) is 2. The van der Waals surface area contributed by atoms with Crippen LogP contribution in [0, 0.1) is 17.8 Å². The van der Waals surface area contributed by atoms with Crippen LogP contribution in [-0.4, -0.2) is 46.3 Å². The molecule has 4 nitrogen and oxygen atoms in total. The summed E-state index contributed by atoms with van der Waals surface area (Å²) in [6.45, 7) is 4.06. The first-order valence-electron chi connectivity index (χ1n) is 12.6. The molecule has 1 aromatic carbocycles. The van der Waals surface area contributed by atoms with Crippen molar-refractivity contribution in [1.29, 1.82) is 0 Å². The molecule has 32 heavy (non-hydrogen) atoms. The zero-order chi connectivity index (χ0) is 22.8. The van der Waals surface area contributed by atoms with E-state index in [1.54, 1.807) is 0 Å². The summed E-state index contributed by atoms with van der Waals surface area (Å²) < 4.78 is 0. The molecule has 1 aliphatic carbocycles. The lowest BCUT2D eigenvalue weighted by Crippen LogP contribution is -2.27. The van der Waals surface area contributed by atoms with Gasteiger partial charge in [-0.1, -0.05) is 61.6 Å². The van der Waals surface area contributed by atoms with E-state index in [1.807, 2.05) is 29.2 Å². The smallest absolute Gasteiger partial charge is 0.222 e. The Kier molecular flexibility index (Phi) is 10.0. The molecule has 176 valence electrons. The monoisotopic (exact) mass is 439 g/mol. The highest BCUT2D eigenvalue weighted by molar-refractivity contribution is 5.76. The van der Waals surface area contributed by atoms with Gasteiger partial charge in [0.25, 0.3) is 0 Å². The summed E-state index contributed by atoms with van der Waals surface area (Å²) in [5, 5.41) is 21.0. The molecule has 2 N–H and O–H groups in total. The molecule has 3 rings (SSSR count). The summed E-state index contributed by atoms with van der Waals surface area (Å²) >= 11 is 0. The molecule has 1 heterocycles. The van der Waals surface area contributed by atoms with Crippen molar-refractivity contribution in [1.82, 2.24) is 4.90 Å². The molecule has 1 aromatic rings. The first-order chi connectivity index (χ1) is 15.5. The normalized spacial score (nSPS) is 27.0. The number of aliphatic hydroxyl groups excluding tert-OH is 2. The van der Waals surface area contributed by atoms with Crippen molar-refractivity contribution in [3.05, 3.63) is 60.2 Å². The predicted octanol–water partition coefficient (Wildman–Crippen LogP) is 4.91. The number of aliphatic hydroxyl groups is 2. The Labute approximate surface area is 194 Å². The van der Waals surface area contributed by atoms with Crippen LogP contribution in [0.1, 0.15) is 63.9 Å². The molecule has 1 saturated carbocycles. The number of allylic oxidation sites excluding steroid dienone is 3. The number of amides is 1. The van der Waals surface area contributed by atoms with Gasteiger partial charge in [-0.15, -0.1) is 0 Å². The Bertz CT molecular complexity index is 738. The van der Waals surface area contributed by atoms with Crippen molar-refractivity contribution in [2.45, 2.75) is 76.9 Å². The minimum absolute atomic E-state index is 0.199. The number of aryl methyl sites for hydroxylation is 1. The molecule has 0 unspecified atom stereocenters. The maximum absolute atomic E-state index is 12.1. The zero-order valence-electron chi connectivity index (χ0n) is 19.6. The number of carbonyl (C=O) groups excluding carboxylic acids is 1. The van der Waals surface area contributed by atoms with E-state index in [-0.39, 0.29) is 17.9 Å². The van der Waals surface area contributed by atoms with Crippen LogP contribution in [0.4, 0.5) is 0 Å². The second-order valence-corrected chi connectivity index (χ2v) is 9.69. The number of carbonyl (C=O) groups is 1. The van der Waals surface area contributed by atoms with Gasteiger partial charge in [0.15, 0.2) is 0 Å². The number of benzene rings is 1. The Morgan fingerprint density at radius 3 is 2.69 bits per heavy atom. The van der Waals surface area contributed by atoms with Crippen molar-refractivity contribution in [2.75, 3.05) is 13.1 Å². The molecule has 2 aliphatic rings.